The number of carbonyl (C=O) groups is 2. The van der Waals surface area contributed by atoms with Crippen LogP contribution in [0.3, 0.4) is 0 Å². The number of anilines is 1. The van der Waals surface area contributed by atoms with Gasteiger partial charge in [0.05, 0.1) is 12.3 Å². The number of thiocarbonyl (C=S) groups is 1. The van der Waals surface area contributed by atoms with Crippen molar-refractivity contribution in [3.63, 3.8) is 0 Å². The number of benzene rings is 2. The summed E-state index contributed by atoms with van der Waals surface area (Å²) in [6.45, 7) is 0.358. The Morgan fingerprint density at radius 3 is 2.43 bits per heavy atom. The van der Waals surface area contributed by atoms with E-state index in [1.807, 2.05) is 30.3 Å². The zero-order valence-electron chi connectivity index (χ0n) is 15.4. The van der Waals surface area contributed by atoms with Crippen LogP contribution < -0.4 is 10.6 Å². The Morgan fingerprint density at radius 1 is 0.964 bits per heavy atom. The fraction of sp³-hybridized carbons (Fsp3) is 0.286. The average molecular weight is 402 g/mol. The molecule has 2 aromatic carbocycles. The summed E-state index contributed by atoms with van der Waals surface area (Å²) < 4.78 is 18.7. The molecule has 7 heteroatoms. The molecule has 0 unspecified atom stereocenters. The number of hydrogen-bond acceptors (Lipinski definition) is 4. The fourth-order valence-corrected chi connectivity index (χ4v) is 2.70. The topological polar surface area (TPSA) is 67.4 Å². The molecule has 0 aliphatic heterocycles. The Bertz CT molecular complexity index is 799. The molecule has 2 rings (SSSR count). The van der Waals surface area contributed by atoms with E-state index in [0.29, 0.717) is 13.0 Å². The van der Waals surface area contributed by atoms with Crippen LogP contribution in [0.15, 0.2) is 54.6 Å². The quantitative estimate of drug-likeness (QED) is 0.377. The van der Waals surface area contributed by atoms with Gasteiger partial charge in [-0.15, -0.1) is 0 Å². The predicted octanol–water partition coefficient (Wildman–Crippen LogP) is 3.99. The van der Waals surface area contributed by atoms with Gasteiger partial charge in [0.1, 0.15) is 5.82 Å². The first kappa shape index (κ1) is 21.5. The lowest BCUT2D eigenvalue weighted by molar-refractivity contribution is -0.143. The highest BCUT2D eigenvalue weighted by Crippen LogP contribution is 2.12. The van der Waals surface area contributed by atoms with Crippen molar-refractivity contribution in [3.8, 4) is 0 Å². The van der Waals surface area contributed by atoms with E-state index < -0.39 is 5.82 Å². The van der Waals surface area contributed by atoms with Gasteiger partial charge in [0.15, 0.2) is 5.11 Å². The van der Waals surface area contributed by atoms with E-state index in [-0.39, 0.29) is 35.5 Å². The molecule has 0 fully saturated rings. The molecule has 0 atom stereocenters. The van der Waals surface area contributed by atoms with E-state index in [2.05, 4.69) is 10.6 Å². The van der Waals surface area contributed by atoms with Gasteiger partial charge in [0.2, 0.25) is 5.91 Å². The molecule has 0 aromatic heterocycles. The Morgan fingerprint density at radius 2 is 1.68 bits per heavy atom. The van der Waals surface area contributed by atoms with Crippen LogP contribution in [0.4, 0.5) is 10.1 Å². The summed E-state index contributed by atoms with van der Waals surface area (Å²) in [5.41, 5.74) is 1.39. The van der Waals surface area contributed by atoms with Crippen LogP contribution in [0.25, 0.3) is 0 Å². The molecule has 2 aromatic rings. The minimum atomic E-state index is -0.464. The van der Waals surface area contributed by atoms with Crippen LogP contribution in [-0.2, 0) is 20.7 Å². The lowest BCUT2D eigenvalue weighted by atomic mass is 10.1. The van der Waals surface area contributed by atoms with Gasteiger partial charge in [-0.05, 0) is 49.2 Å². The largest absolute Gasteiger partial charge is 0.466 e. The molecule has 0 heterocycles. The summed E-state index contributed by atoms with van der Waals surface area (Å²) in [5.74, 6) is -1.13. The zero-order chi connectivity index (χ0) is 20.2. The van der Waals surface area contributed by atoms with Crippen LogP contribution >= 0.6 is 12.2 Å². The van der Waals surface area contributed by atoms with Gasteiger partial charge in [0.25, 0.3) is 0 Å². The highest BCUT2D eigenvalue weighted by atomic mass is 32.1. The minimum Gasteiger partial charge on any atom is -0.466 e. The molecule has 1 amide bonds. The van der Waals surface area contributed by atoms with Crippen molar-refractivity contribution < 1.29 is 18.7 Å². The molecule has 2 N–H and O–H groups in total. The lowest BCUT2D eigenvalue weighted by Gasteiger charge is -2.10. The van der Waals surface area contributed by atoms with E-state index in [1.165, 1.54) is 17.7 Å². The van der Waals surface area contributed by atoms with Crippen molar-refractivity contribution in [2.45, 2.75) is 32.1 Å². The standard InChI is InChI=1S/C21H23FN2O3S/c22-17-11-4-5-12-18(17)23-21(28)24-19(25)13-6-14-20(26)27-15-7-10-16-8-2-1-3-9-16/h1-5,8-9,11-12H,6-7,10,13-15H2,(H2,23,24,25,28). The van der Waals surface area contributed by atoms with Crippen LogP contribution in [-0.4, -0.2) is 23.6 Å². The van der Waals surface area contributed by atoms with Crippen molar-refractivity contribution in [2.75, 3.05) is 11.9 Å². The summed E-state index contributed by atoms with van der Waals surface area (Å²) >= 11 is 4.98. The molecule has 0 aliphatic rings. The summed E-state index contributed by atoms with van der Waals surface area (Å²) in [4.78, 5) is 23.5. The normalized spacial score (nSPS) is 10.2. The molecular weight excluding hydrogens is 379 g/mol. The van der Waals surface area contributed by atoms with Crippen LogP contribution in [0.1, 0.15) is 31.2 Å². The summed E-state index contributed by atoms with van der Waals surface area (Å²) in [6, 6.07) is 16.0. The summed E-state index contributed by atoms with van der Waals surface area (Å²) in [6.07, 6.45) is 2.24. The Balaban J connectivity index is 1.55. The maximum absolute atomic E-state index is 13.5. The molecule has 0 spiro atoms. The number of amides is 1. The van der Waals surface area contributed by atoms with Crippen molar-refractivity contribution >= 4 is 34.9 Å². The van der Waals surface area contributed by atoms with Gasteiger partial charge in [-0.1, -0.05) is 42.5 Å². The highest BCUT2D eigenvalue weighted by molar-refractivity contribution is 7.80. The molecule has 0 radical (unpaired) electrons. The molecule has 0 saturated heterocycles. The minimum absolute atomic E-state index is 0.0126. The second kappa shape index (κ2) is 11.8. The van der Waals surface area contributed by atoms with Crippen molar-refractivity contribution in [3.05, 3.63) is 66.0 Å². The summed E-state index contributed by atoms with van der Waals surface area (Å²) in [7, 11) is 0. The Hall–Kier alpha value is -2.80. The monoisotopic (exact) mass is 402 g/mol. The van der Waals surface area contributed by atoms with E-state index in [1.54, 1.807) is 12.1 Å². The smallest absolute Gasteiger partial charge is 0.305 e. The lowest BCUT2D eigenvalue weighted by Crippen LogP contribution is -2.34. The van der Waals surface area contributed by atoms with Crippen molar-refractivity contribution in [2.24, 2.45) is 0 Å². The van der Waals surface area contributed by atoms with E-state index in [4.69, 9.17) is 17.0 Å². The third-order valence-corrected chi connectivity index (χ3v) is 4.08. The number of carbonyl (C=O) groups excluding carboxylic acids is 2. The van der Waals surface area contributed by atoms with Gasteiger partial charge in [-0.3, -0.25) is 9.59 Å². The molecule has 0 aliphatic carbocycles. The van der Waals surface area contributed by atoms with E-state index in [9.17, 15) is 14.0 Å². The van der Waals surface area contributed by atoms with Crippen LogP contribution in [0.5, 0.6) is 0 Å². The van der Waals surface area contributed by atoms with Crippen molar-refractivity contribution in [1.82, 2.24) is 5.32 Å². The Kier molecular flexibility index (Phi) is 9.07. The van der Waals surface area contributed by atoms with Gasteiger partial charge in [-0.2, -0.15) is 0 Å². The van der Waals surface area contributed by atoms with Gasteiger partial charge in [-0.25, -0.2) is 4.39 Å². The van der Waals surface area contributed by atoms with E-state index >= 15 is 0 Å². The first-order chi connectivity index (χ1) is 13.5. The molecule has 0 saturated carbocycles. The third kappa shape index (κ3) is 8.26. The van der Waals surface area contributed by atoms with Crippen LogP contribution in [0.2, 0.25) is 0 Å². The van der Waals surface area contributed by atoms with Crippen LogP contribution in [0, 0.1) is 5.82 Å². The number of para-hydroxylation sites is 1. The number of nitrogens with one attached hydrogen (secondary N) is 2. The van der Waals surface area contributed by atoms with Crippen molar-refractivity contribution in [1.29, 1.82) is 0 Å². The second-order valence-electron chi connectivity index (χ2n) is 6.15. The zero-order valence-corrected chi connectivity index (χ0v) is 16.3. The first-order valence-corrected chi connectivity index (χ1v) is 9.50. The number of hydrogen-bond donors (Lipinski definition) is 2. The van der Waals surface area contributed by atoms with Gasteiger partial charge in [0, 0.05) is 12.8 Å². The number of aryl methyl sites for hydroxylation is 1. The summed E-state index contributed by atoms with van der Waals surface area (Å²) in [5, 5.41) is 5.10. The number of halogens is 1. The predicted molar refractivity (Wildman–Crippen MR) is 110 cm³/mol. The maximum atomic E-state index is 13.5. The van der Waals surface area contributed by atoms with Gasteiger partial charge >= 0.3 is 5.97 Å². The number of rotatable bonds is 9. The Labute approximate surface area is 169 Å². The van der Waals surface area contributed by atoms with E-state index in [0.717, 1.165) is 12.8 Å². The number of ether oxygens (including phenoxy) is 1. The SMILES string of the molecule is O=C(CCCC(=O)OCCCc1ccccc1)NC(=S)Nc1ccccc1F. The third-order valence-electron chi connectivity index (χ3n) is 3.88. The molecule has 5 nitrogen and oxygen atoms in total. The second-order valence-corrected chi connectivity index (χ2v) is 6.55. The molecule has 0 bridgehead atoms. The maximum Gasteiger partial charge on any atom is 0.305 e. The van der Waals surface area contributed by atoms with Gasteiger partial charge < -0.3 is 15.4 Å². The average Bonchev–Trinajstić information content (AvgIpc) is 2.68. The number of esters is 1. The highest BCUT2D eigenvalue weighted by Gasteiger charge is 2.09. The molecular formula is C21H23FN2O3S. The fourth-order valence-electron chi connectivity index (χ4n) is 2.48. The molecule has 28 heavy (non-hydrogen) atoms. The first-order valence-electron chi connectivity index (χ1n) is 9.09. The molecule has 148 valence electrons.